The second-order valence-electron chi connectivity index (χ2n) is 3.35. The highest BCUT2D eigenvalue weighted by Crippen LogP contribution is 2.23. The van der Waals surface area contributed by atoms with Crippen molar-refractivity contribution in [2.75, 3.05) is 7.11 Å². The van der Waals surface area contributed by atoms with E-state index < -0.39 is 5.97 Å². The zero-order valence-corrected chi connectivity index (χ0v) is 9.53. The van der Waals surface area contributed by atoms with Crippen LogP contribution in [0.3, 0.4) is 0 Å². The molecule has 0 spiro atoms. The SMILES string of the molecule is COc1cc(Oc2cncc(C(=O)O)c2)ccn1. The first kappa shape index (κ1) is 11.8. The van der Waals surface area contributed by atoms with Crippen LogP contribution in [0.25, 0.3) is 0 Å². The number of ether oxygens (including phenoxy) is 2. The quantitative estimate of drug-likeness (QED) is 0.888. The summed E-state index contributed by atoms with van der Waals surface area (Å²) in [5.74, 6) is 0.185. The highest BCUT2D eigenvalue weighted by atomic mass is 16.5. The summed E-state index contributed by atoms with van der Waals surface area (Å²) in [5, 5.41) is 8.83. The monoisotopic (exact) mass is 246 g/mol. The third-order valence-electron chi connectivity index (χ3n) is 2.11. The first-order chi connectivity index (χ1) is 8.69. The molecule has 0 radical (unpaired) electrons. The van der Waals surface area contributed by atoms with E-state index in [0.29, 0.717) is 17.4 Å². The molecule has 2 heterocycles. The third kappa shape index (κ3) is 2.73. The molecule has 0 aliphatic rings. The Hall–Kier alpha value is -2.63. The number of aromatic nitrogens is 2. The minimum Gasteiger partial charge on any atom is -0.481 e. The highest BCUT2D eigenvalue weighted by molar-refractivity contribution is 5.87. The first-order valence-electron chi connectivity index (χ1n) is 5.05. The minimum atomic E-state index is -1.06. The van der Waals surface area contributed by atoms with E-state index in [0.717, 1.165) is 0 Å². The molecular weight excluding hydrogens is 236 g/mol. The van der Waals surface area contributed by atoms with Gasteiger partial charge in [0, 0.05) is 18.5 Å². The average molecular weight is 246 g/mol. The second-order valence-corrected chi connectivity index (χ2v) is 3.35. The van der Waals surface area contributed by atoms with Crippen molar-refractivity contribution in [3.8, 4) is 17.4 Å². The Morgan fingerprint density at radius 3 is 2.83 bits per heavy atom. The van der Waals surface area contributed by atoms with Crippen LogP contribution >= 0.6 is 0 Å². The van der Waals surface area contributed by atoms with Gasteiger partial charge in [-0.2, -0.15) is 0 Å². The van der Waals surface area contributed by atoms with Gasteiger partial charge in [0.25, 0.3) is 0 Å². The smallest absolute Gasteiger partial charge is 0.337 e. The molecule has 0 unspecified atom stereocenters. The lowest BCUT2D eigenvalue weighted by atomic mass is 10.3. The van der Waals surface area contributed by atoms with Crippen LogP contribution in [-0.4, -0.2) is 28.2 Å². The molecule has 6 nitrogen and oxygen atoms in total. The summed E-state index contributed by atoms with van der Waals surface area (Å²) in [7, 11) is 1.50. The molecule has 0 atom stereocenters. The molecule has 92 valence electrons. The lowest BCUT2D eigenvalue weighted by Gasteiger charge is -2.06. The Kier molecular flexibility index (Phi) is 3.38. The Labute approximate surface area is 103 Å². The number of aromatic carboxylic acids is 1. The van der Waals surface area contributed by atoms with Crippen LogP contribution in [0.2, 0.25) is 0 Å². The van der Waals surface area contributed by atoms with Crippen molar-refractivity contribution in [2.45, 2.75) is 0 Å². The summed E-state index contributed by atoms with van der Waals surface area (Å²) in [6.45, 7) is 0. The topological polar surface area (TPSA) is 81.5 Å². The number of hydrogen-bond donors (Lipinski definition) is 1. The van der Waals surface area contributed by atoms with Gasteiger partial charge in [-0.15, -0.1) is 0 Å². The molecule has 0 fully saturated rings. The lowest BCUT2D eigenvalue weighted by Crippen LogP contribution is -1.97. The summed E-state index contributed by atoms with van der Waals surface area (Å²) < 4.78 is 10.4. The third-order valence-corrected chi connectivity index (χ3v) is 2.11. The highest BCUT2D eigenvalue weighted by Gasteiger charge is 2.06. The number of rotatable bonds is 4. The van der Waals surface area contributed by atoms with E-state index in [9.17, 15) is 4.79 Å². The summed E-state index contributed by atoms with van der Waals surface area (Å²) in [5.41, 5.74) is 0.0634. The average Bonchev–Trinajstić information content (AvgIpc) is 2.39. The van der Waals surface area contributed by atoms with Gasteiger partial charge in [-0.1, -0.05) is 0 Å². The molecule has 2 rings (SSSR count). The largest absolute Gasteiger partial charge is 0.481 e. The van der Waals surface area contributed by atoms with E-state index in [1.165, 1.54) is 31.8 Å². The summed E-state index contributed by atoms with van der Waals surface area (Å²) >= 11 is 0. The van der Waals surface area contributed by atoms with E-state index in [4.69, 9.17) is 14.6 Å². The van der Waals surface area contributed by atoms with E-state index in [1.807, 2.05) is 0 Å². The van der Waals surface area contributed by atoms with Crippen LogP contribution in [0, 0.1) is 0 Å². The van der Waals surface area contributed by atoms with Gasteiger partial charge < -0.3 is 14.6 Å². The van der Waals surface area contributed by atoms with Gasteiger partial charge in [0.05, 0.1) is 18.9 Å². The Morgan fingerprint density at radius 2 is 2.11 bits per heavy atom. The molecule has 0 aliphatic heterocycles. The minimum absolute atomic E-state index is 0.0634. The standard InChI is InChI=1S/C12H10N2O4/c1-17-11-5-9(2-3-14-11)18-10-4-8(12(15)16)6-13-7-10/h2-7H,1H3,(H,15,16). The van der Waals surface area contributed by atoms with Crippen molar-refractivity contribution in [2.24, 2.45) is 0 Å². The molecule has 18 heavy (non-hydrogen) atoms. The van der Waals surface area contributed by atoms with Crippen LogP contribution in [-0.2, 0) is 0 Å². The van der Waals surface area contributed by atoms with Crippen LogP contribution in [0.15, 0.2) is 36.8 Å². The molecular formula is C12H10N2O4. The van der Waals surface area contributed by atoms with Crippen LogP contribution < -0.4 is 9.47 Å². The van der Waals surface area contributed by atoms with Gasteiger partial charge >= 0.3 is 5.97 Å². The molecule has 2 aromatic heterocycles. The number of methoxy groups -OCH3 is 1. The fourth-order valence-corrected chi connectivity index (χ4v) is 1.29. The van der Waals surface area contributed by atoms with Crippen molar-refractivity contribution < 1.29 is 19.4 Å². The zero-order valence-electron chi connectivity index (χ0n) is 9.53. The van der Waals surface area contributed by atoms with Gasteiger partial charge in [0.2, 0.25) is 5.88 Å². The summed E-state index contributed by atoms with van der Waals surface area (Å²) in [6, 6.07) is 4.62. The number of carboxylic acids is 1. The number of carbonyl (C=O) groups is 1. The maximum absolute atomic E-state index is 10.8. The molecule has 0 aromatic carbocycles. The van der Waals surface area contributed by atoms with Crippen molar-refractivity contribution in [1.82, 2.24) is 9.97 Å². The Morgan fingerprint density at radius 1 is 1.28 bits per heavy atom. The zero-order chi connectivity index (χ0) is 13.0. The lowest BCUT2D eigenvalue weighted by molar-refractivity contribution is 0.0696. The molecule has 0 bridgehead atoms. The maximum atomic E-state index is 10.8. The van der Waals surface area contributed by atoms with Crippen molar-refractivity contribution in [3.05, 3.63) is 42.4 Å². The molecule has 0 saturated carbocycles. The molecule has 6 heteroatoms. The van der Waals surface area contributed by atoms with Crippen LogP contribution in [0.1, 0.15) is 10.4 Å². The second kappa shape index (κ2) is 5.13. The fourth-order valence-electron chi connectivity index (χ4n) is 1.29. The van der Waals surface area contributed by atoms with Crippen molar-refractivity contribution in [3.63, 3.8) is 0 Å². The van der Waals surface area contributed by atoms with Crippen LogP contribution in [0.4, 0.5) is 0 Å². The Balaban J connectivity index is 2.22. The van der Waals surface area contributed by atoms with Gasteiger partial charge in [0.1, 0.15) is 11.5 Å². The molecule has 0 aliphatic carbocycles. The number of pyridine rings is 2. The van der Waals surface area contributed by atoms with Crippen molar-refractivity contribution in [1.29, 1.82) is 0 Å². The first-order valence-corrected chi connectivity index (χ1v) is 5.05. The van der Waals surface area contributed by atoms with Gasteiger partial charge in [0.15, 0.2) is 0 Å². The normalized spacial score (nSPS) is 9.83. The molecule has 1 N–H and O–H groups in total. The molecule has 0 saturated heterocycles. The van der Waals surface area contributed by atoms with E-state index in [1.54, 1.807) is 12.1 Å². The molecule has 2 aromatic rings. The summed E-state index contributed by atoms with van der Waals surface area (Å²) in [4.78, 5) is 18.5. The van der Waals surface area contributed by atoms with Gasteiger partial charge in [-0.3, -0.25) is 4.98 Å². The maximum Gasteiger partial charge on any atom is 0.337 e. The summed E-state index contributed by atoms with van der Waals surface area (Å²) in [6.07, 6.45) is 4.21. The van der Waals surface area contributed by atoms with Crippen LogP contribution in [0.5, 0.6) is 17.4 Å². The predicted molar refractivity (Wildman–Crippen MR) is 62.1 cm³/mol. The number of nitrogens with zero attached hydrogens (tertiary/aromatic N) is 2. The number of hydrogen-bond acceptors (Lipinski definition) is 5. The van der Waals surface area contributed by atoms with Gasteiger partial charge in [-0.25, -0.2) is 9.78 Å². The van der Waals surface area contributed by atoms with E-state index >= 15 is 0 Å². The Bertz CT molecular complexity index is 572. The van der Waals surface area contributed by atoms with E-state index in [-0.39, 0.29) is 5.56 Å². The van der Waals surface area contributed by atoms with E-state index in [2.05, 4.69) is 9.97 Å². The predicted octanol–water partition coefficient (Wildman–Crippen LogP) is 1.98. The van der Waals surface area contributed by atoms with Crippen molar-refractivity contribution >= 4 is 5.97 Å². The molecule has 0 amide bonds. The number of carboxylic acid groups (broad SMARTS) is 1. The fraction of sp³-hybridized carbons (Fsp3) is 0.0833. The van der Waals surface area contributed by atoms with Gasteiger partial charge in [-0.05, 0) is 12.1 Å².